The Bertz CT molecular complexity index is 701. The summed E-state index contributed by atoms with van der Waals surface area (Å²) >= 11 is 0. The van der Waals surface area contributed by atoms with E-state index in [2.05, 4.69) is 41.1 Å². The van der Waals surface area contributed by atoms with Gasteiger partial charge in [0.2, 0.25) is 0 Å². The molecule has 1 aromatic carbocycles. The Morgan fingerprint density at radius 2 is 2.09 bits per heavy atom. The van der Waals surface area contributed by atoms with Gasteiger partial charge in [0.25, 0.3) is 0 Å². The quantitative estimate of drug-likeness (QED) is 0.756. The molecule has 5 rings (SSSR count). The van der Waals surface area contributed by atoms with Crippen molar-refractivity contribution in [3.05, 3.63) is 35.5 Å². The Morgan fingerprint density at radius 3 is 3.05 bits per heavy atom. The Balaban J connectivity index is 1.56. The summed E-state index contributed by atoms with van der Waals surface area (Å²) in [4.78, 5) is 6.57. The van der Waals surface area contributed by atoms with Crippen molar-refractivity contribution < 1.29 is 0 Å². The second kappa shape index (κ2) is 4.86. The van der Waals surface area contributed by atoms with Gasteiger partial charge in [0.15, 0.2) is 0 Å². The summed E-state index contributed by atoms with van der Waals surface area (Å²) in [5.74, 6) is 2.84. The molecule has 0 unspecified atom stereocenters. The molecule has 22 heavy (non-hydrogen) atoms. The molecule has 0 amide bonds. The molecule has 2 nitrogen and oxygen atoms in total. The SMILES string of the molecule is C[C@H]1CCC[C@H]2CN3CCc4c([nH]c5ccccc45)[C@@H]3C[C@@H]21. The number of aromatic amines is 1. The predicted molar refractivity (Wildman–Crippen MR) is 90.9 cm³/mol. The molecule has 4 atom stereocenters. The summed E-state index contributed by atoms with van der Waals surface area (Å²) < 4.78 is 0. The van der Waals surface area contributed by atoms with Crippen molar-refractivity contribution in [1.82, 2.24) is 9.88 Å². The number of hydrogen-bond acceptors (Lipinski definition) is 1. The van der Waals surface area contributed by atoms with Crippen molar-refractivity contribution in [1.29, 1.82) is 0 Å². The Morgan fingerprint density at radius 1 is 1.18 bits per heavy atom. The maximum absolute atomic E-state index is 3.78. The van der Waals surface area contributed by atoms with Crippen molar-refractivity contribution in [3.63, 3.8) is 0 Å². The fraction of sp³-hybridized carbons (Fsp3) is 0.600. The van der Waals surface area contributed by atoms with Gasteiger partial charge in [-0.3, -0.25) is 4.90 Å². The molecule has 0 radical (unpaired) electrons. The first-order valence-electron chi connectivity index (χ1n) is 9.15. The van der Waals surface area contributed by atoms with E-state index in [1.165, 1.54) is 56.1 Å². The molecule has 3 heterocycles. The fourth-order valence-electron chi connectivity index (χ4n) is 5.66. The van der Waals surface area contributed by atoms with E-state index in [0.29, 0.717) is 6.04 Å². The molecule has 2 heteroatoms. The van der Waals surface area contributed by atoms with E-state index >= 15 is 0 Å². The van der Waals surface area contributed by atoms with Gasteiger partial charge in [-0.2, -0.15) is 0 Å². The van der Waals surface area contributed by atoms with Crippen LogP contribution in [-0.2, 0) is 6.42 Å². The standard InChI is InChI=1S/C20H26N2/c1-13-5-4-6-14-12-22-10-9-16-15-7-2-3-8-18(15)21-20(16)19(22)11-17(13)14/h2-3,7-8,13-14,17,19,21H,4-6,9-12H2,1H3/t13-,14-,17+,19-/m0/s1. The van der Waals surface area contributed by atoms with E-state index in [-0.39, 0.29) is 0 Å². The number of hydrogen-bond donors (Lipinski definition) is 1. The monoisotopic (exact) mass is 294 g/mol. The molecule has 2 aromatic rings. The van der Waals surface area contributed by atoms with Crippen LogP contribution in [0.1, 0.15) is 49.9 Å². The lowest BCUT2D eigenvalue weighted by Gasteiger charge is -2.50. The van der Waals surface area contributed by atoms with E-state index in [1.807, 2.05) is 0 Å². The summed E-state index contributed by atoms with van der Waals surface area (Å²) in [6, 6.07) is 9.53. The zero-order chi connectivity index (χ0) is 14.7. The second-order valence-corrected chi connectivity index (χ2v) is 7.89. The Hall–Kier alpha value is -1.28. The highest BCUT2D eigenvalue weighted by Crippen LogP contribution is 2.48. The number of nitrogens with zero attached hydrogens (tertiary/aromatic N) is 1. The van der Waals surface area contributed by atoms with Crippen molar-refractivity contribution in [2.24, 2.45) is 17.8 Å². The van der Waals surface area contributed by atoms with E-state index in [0.717, 1.165) is 17.8 Å². The maximum atomic E-state index is 3.78. The second-order valence-electron chi connectivity index (χ2n) is 7.89. The van der Waals surface area contributed by atoms with Crippen molar-refractivity contribution in [2.75, 3.05) is 13.1 Å². The lowest BCUT2D eigenvalue weighted by atomic mass is 9.66. The lowest BCUT2D eigenvalue weighted by molar-refractivity contribution is 0.00621. The molecule has 0 bridgehead atoms. The van der Waals surface area contributed by atoms with Crippen LogP contribution >= 0.6 is 0 Å². The third-order valence-corrected chi connectivity index (χ3v) is 6.80. The molecule has 1 aromatic heterocycles. The van der Waals surface area contributed by atoms with Gasteiger partial charge in [-0.15, -0.1) is 0 Å². The Labute approximate surface area is 132 Å². The largest absolute Gasteiger partial charge is 0.357 e. The lowest BCUT2D eigenvalue weighted by Crippen LogP contribution is -2.48. The van der Waals surface area contributed by atoms with Crippen molar-refractivity contribution >= 4 is 10.9 Å². The zero-order valence-corrected chi connectivity index (χ0v) is 13.5. The summed E-state index contributed by atoms with van der Waals surface area (Å²) in [5, 5.41) is 1.47. The molecular weight excluding hydrogens is 268 g/mol. The highest BCUT2D eigenvalue weighted by molar-refractivity contribution is 5.85. The molecule has 3 aliphatic rings. The summed E-state index contributed by atoms with van der Waals surface area (Å²) in [7, 11) is 0. The number of nitrogens with one attached hydrogen (secondary N) is 1. The number of benzene rings is 1. The average molecular weight is 294 g/mol. The van der Waals surface area contributed by atoms with E-state index in [4.69, 9.17) is 0 Å². The molecule has 1 N–H and O–H groups in total. The average Bonchev–Trinajstić information content (AvgIpc) is 2.93. The first-order valence-corrected chi connectivity index (χ1v) is 9.15. The van der Waals surface area contributed by atoms with Gasteiger partial charge in [-0.05, 0) is 48.6 Å². The molecule has 2 aliphatic heterocycles. The molecular formula is C20H26N2. The van der Waals surface area contributed by atoms with Gasteiger partial charge < -0.3 is 4.98 Å². The molecule has 116 valence electrons. The zero-order valence-electron chi connectivity index (χ0n) is 13.5. The minimum absolute atomic E-state index is 0.651. The van der Waals surface area contributed by atoms with E-state index < -0.39 is 0 Å². The number of piperidine rings is 1. The Kier molecular flexibility index (Phi) is 2.91. The smallest absolute Gasteiger partial charge is 0.0504 e. The molecule has 1 aliphatic carbocycles. The van der Waals surface area contributed by atoms with Crippen molar-refractivity contribution in [3.8, 4) is 0 Å². The van der Waals surface area contributed by atoms with Crippen LogP contribution in [0, 0.1) is 17.8 Å². The van der Waals surface area contributed by atoms with Crippen LogP contribution in [0.2, 0.25) is 0 Å². The van der Waals surface area contributed by atoms with Crippen LogP contribution in [0.25, 0.3) is 10.9 Å². The predicted octanol–water partition coefficient (Wildman–Crippen LogP) is 4.52. The van der Waals surface area contributed by atoms with Crippen LogP contribution in [0.4, 0.5) is 0 Å². The molecule has 2 fully saturated rings. The number of H-pyrrole nitrogens is 1. The van der Waals surface area contributed by atoms with Crippen LogP contribution in [0.5, 0.6) is 0 Å². The van der Waals surface area contributed by atoms with Crippen molar-refractivity contribution in [2.45, 2.75) is 45.1 Å². The summed E-state index contributed by atoms with van der Waals surface area (Å²) in [6.07, 6.45) is 6.98. The van der Waals surface area contributed by atoms with Gasteiger partial charge in [0, 0.05) is 29.7 Å². The highest BCUT2D eigenvalue weighted by atomic mass is 15.2. The van der Waals surface area contributed by atoms with E-state index in [9.17, 15) is 0 Å². The maximum Gasteiger partial charge on any atom is 0.0504 e. The summed E-state index contributed by atoms with van der Waals surface area (Å²) in [5.41, 5.74) is 4.50. The van der Waals surface area contributed by atoms with Crippen LogP contribution in [-0.4, -0.2) is 23.0 Å². The minimum Gasteiger partial charge on any atom is -0.357 e. The van der Waals surface area contributed by atoms with E-state index in [1.54, 1.807) is 11.3 Å². The summed E-state index contributed by atoms with van der Waals surface area (Å²) in [6.45, 7) is 5.10. The van der Waals surface area contributed by atoms with Gasteiger partial charge in [0.05, 0.1) is 6.04 Å². The van der Waals surface area contributed by atoms with Gasteiger partial charge in [0.1, 0.15) is 0 Å². The van der Waals surface area contributed by atoms with Gasteiger partial charge >= 0.3 is 0 Å². The third kappa shape index (κ3) is 1.83. The molecule has 1 saturated carbocycles. The number of para-hydroxylation sites is 1. The normalized spacial score (nSPS) is 35.0. The number of aromatic nitrogens is 1. The third-order valence-electron chi connectivity index (χ3n) is 6.80. The topological polar surface area (TPSA) is 19.0 Å². The minimum atomic E-state index is 0.651. The first kappa shape index (κ1) is 13.2. The van der Waals surface area contributed by atoms with Gasteiger partial charge in [-0.25, -0.2) is 0 Å². The van der Waals surface area contributed by atoms with Crippen LogP contribution in [0.3, 0.4) is 0 Å². The molecule has 0 spiro atoms. The van der Waals surface area contributed by atoms with Gasteiger partial charge in [-0.1, -0.05) is 38.0 Å². The van der Waals surface area contributed by atoms with Crippen LogP contribution < -0.4 is 0 Å². The molecule has 1 saturated heterocycles. The number of rotatable bonds is 0. The fourth-order valence-corrected chi connectivity index (χ4v) is 5.66. The number of fused-ring (bicyclic) bond motifs is 6. The first-order chi connectivity index (χ1) is 10.8. The van der Waals surface area contributed by atoms with Crippen LogP contribution in [0.15, 0.2) is 24.3 Å². The highest BCUT2D eigenvalue weighted by Gasteiger charge is 2.42.